The summed E-state index contributed by atoms with van der Waals surface area (Å²) in [7, 11) is 0. The standard InChI is InChI=1S/C8H10O3/c1-5(2)7-6(8(9)10)3-4-11-7/h3-5H,1-2H3,(H,9,10). The van der Waals surface area contributed by atoms with Gasteiger partial charge in [0.05, 0.1) is 6.26 Å². The van der Waals surface area contributed by atoms with Crippen molar-refractivity contribution in [3.8, 4) is 0 Å². The fraction of sp³-hybridized carbons (Fsp3) is 0.375. The minimum atomic E-state index is -0.928. The lowest BCUT2D eigenvalue weighted by atomic mass is 10.1. The molecule has 0 amide bonds. The van der Waals surface area contributed by atoms with Crippen molar-refractivity contribution in [1.29, 1.82) is 0 Å². The molecule has 1 heterocycles. The second-order valence-corrected chi connectivity index (χ2v) is 2.66. The minimum Gasteiger partial charge on any atom is -0.478 e. The van der Waals surface area contributed by atoms with Gasteiger partial charge in [-0.25, -0.2) is 4.79 Å². The van der Waals surface area contributed by atoms with Crippen LogP contribution < -0.4 is 0 Å². The number of rotatable bonds is 2. The van der Waals surface area contributed by atoms with Crippen LogP contribution in [0.15, 0.2) is 16.7 Å². The SMILES string of the molecule is CC(C)c1occc1C(=O)O. The van der Waals surface area contributed by atoms with E-state index < -0.39 is 5.97 Å². The van der Waals surface area contributed by atoms with Gasteiger partial charge in [0, 0.05) is 5.92 Å². The van der Waals surface area contributed by atoms with E-state index in [1.807, 2.05) is 13.8 Å². The first-order valence-corrected chi connectivity index (χ1v) is 3.43. The van der Waals surface area contributed by atoms with Crippen molar-refractivity contribution in [1.82, 2.24) is 0 Å². The Hall–Kier alpha value is -1.25. The highest BCUT2D eigenvalue weighted by atomic mass is 16.4. The summed E-state index contributed by atoms with van der Waals surface area (Å²) >= 11 is 0. The predicted octanol–water partition coefficient (Wildman–Crippen LogP) is 2.10. The van der Waals surface area contributed by atoms with E-state index in [0.717, 1.165) is 0 Å². The molecule has 0 aliphatic rings. The average Bonchev–Trinajstić information content (AvgIpc) is 2.32. The summed E-state index contributed by atoms with van der Waals surface area (Å²) < 4.78 is 5.01. The van der Waals surface area contributed by atoms with E-state index in [0.29, 0.717) is 5.76 Å². The Balaban J connectivity index is 3.06. The summed E-state index contributed by atoms with van der Waals surface area (Å²) in [6.07, 6.45) is 1.40. The number of carboxylic acid groups (broad SMARTS) is 1. The van der Waals surface area contributed by atoms with Crippen molar-refractivity contribution in [2.75, 3.05) is 0 Å². The predicted molar refractivity (Wildman–Crippen MR) is 39.8 cm³/mol. The van der Waals surface area contributed by atoms with Crippen molar-refractivity contribution >= 4 is 5.97 Å². The Labute approximate surface area is 64.6 Å². The van der Waals surface area contributed by atoms with E-state index in [9.17, 15) is 4.79 Å². The third-order valence-corrected chi connectivity index (χ3v) is 1.45. The lowest BCUT2D eigenvalue weighted by molar-refractivity contribution is 0.0694. The van der Waals surface area contributed by atoms with Gasteiger partial charge >= 0.3 is 5.97 Å². The zero-order valence-corrected chi connectivity index (χ0v) is 6.50. The molecule has 0 fully saturated rings. The second kappa shape index (κ2) is 2.78. The highest BCUT2D eigenvalue weighted by molar-refractivity contribution is 5.88. The first-order chi connectivity index (χ1) is 5.13. The molecule has 0 atom stereocenters. The molecule has 1 aromatic rings. The molecule has 3 nitrogen and oxygen atoms in total. The zero-order chi connectivity index (χ0) is 8.43. The Kier molecular flexibility index (Phi) is 1.98. The van der Waals surface area contributed by atoms with Crippen LogP contribution in [0, 0.1) is 0 Å². The second-order valence-electron chi connectivity index (χ2n) is 2.66. The van der Waals surface area contributed by atoms with Crippen LogP contribution in [0.5, 0.6) is 0 Å². The minimum absolute atomic E-state index is 0.121. The van der Waals surface area contributed by atoms with Crippen molar-refractivity contribution in [3.05, 3.63) is 23.7 Å². The summed E-state index contributed by atoms with van der Waals surface area (Å²) in [5.41, 5.74) is 0.264. The van der Waals surface area contributed by atoms with Crippen LogP contribution in [-0.2, 0) is 0 Å². The number of carboxylic acids is 1. The van der Waals surface area contributed by atoms with Crippen molar-refractivity contribution in [2.24, 2.45) is 0 Å². The van der Waals surface area contributed by atoms with Gasteiger partial charge in [-0.3, -0.25) is 0 Å². The van der Waals surface area contributed by atoms with Crippen LogP contribution in [0.1, 0.15) is 35.9 Å². The van der Waals surface area contributed by atoms with Crippen molar-refractivity contribution < 1.29 is 14.3 Å². The highest BCUT2D eigenvalue weighted by Gasteiger charge is 2.15. The molecule has 1 N–H and O–H groups in total. The largest absolute Gasteiger partial charge is 0.478 e. The van der Waals surface area contributed by atoms with E-state index in [4.69, 9.17) is 9.52 Å². The number of furan rings is 1. The van der Waals surface area contributed by atoms with Crippen molar-refractivity contribution in [3.63, 3.8) is 0 Å². The van der Waals surface area contributed by atoms with E-state index >= 15 is 0 Å². The molecule has 0 aliphatic heterocycles. The Morgan fingerprint density at radius 2 is 2.27 bits per heavy atom. The molecular formula is C8H10O3. The molecule has 0 aromatic carbocycles. The first kappa shape index (κ1) is 7.85. The van der Waals surface area contributed by atoms with Gasteiger partial charge in [-0.1, -0.05) is 13.8 Å². The molecule has 60 valence electrons. The summed E-state index contributed by atoms with van der Waals surface area (Å²) in [5.74, 6) is -0.268. The molecule has 1 aromatic heterocycles. The monoisotopic (exact) mass is 154 g/mol. The van der Waals surface area contributed by atoms with Crippen LogP contribution in [0.3, 0.4) is 0 Å². The summed E-state index contributed by atoms with van der Waals surface area (Å²) in [4.78, 5) is 10.5. The molecule has 0 saturated carbocycles. The molecule has 1 rings (SSSR count). The topological polar surface area (TPSA) is 50.4 Å². The molecule has 0 saturated heterocycles. The lowest BCUT2D eigenvalue weighted by Gasteiger charge is -2.00. The average molecular weight is 154 g/mol. The molecule has 0 spiro atoms. The van der Waals surface area contributed by atoms with Crippen LogP contribution >= 0.6 is 0 Å². The van der Waals surface area contributed by atoms with Gasteiger partial charge in [0.2, 0.25) is 0 Å². The highest BCUT2D eigenvalue weighted by Crippen LogP contribution is 2.19. The third-order valence-electron chi connectivity index (χ3n) is 1.45. The molecule has 11 heavy (non-hydrogen) atoms. The fourth-order valence-electron chi connectivity index (χ4n) is 0.945. The van der Waals surface area contributed by atoms with E-state index in [2.05, 4.69) is 0 Å². The smallest absolute Gasteiger partial charge is 0.339 e. The number of carbonyl (C=O) groups is 1. The van der Waals surface area contributed by atoms with Gasteiger partial charge in [0.15, 0.2) is 0 Å². The normalized spacial score (nSPS) is 10.5. The fourth-order valence-corrected chi connectivity index (χ4v) is 0.945. The molecule has 0 unspecified atom stereocenters. The van der Waals surface area contributed by atoms with Crippen LogP contribution in [0.4, 0.5) is 0 Å². The van der Waals surface area contributed by atoms with Gasteiger partial charge in [0.25, 0.3) is 0 Å². The molecular weight excluding hydrogens is 144 g/mol. The van der Waals surface area contributed by atoms with Gasteiger partial charge in [-0.05, 0) is 6.07 Å². The summed E-state index contributed by atoms with van der Waals surface area (Å²) in [6.45, 7) is 3.79. The Morgan fingerprint density at radius 3 is 2.64 bits per heavy atom. The Morgan fingerprint density at radius 1 is 1.64 bits per heavy atom. The van der Waals surface area contributed by atoms with Crippen molar-refractivity contribution in [2.45, 2.75) is 19.8 Å². The maximum absolute atomic E-state index is 10.5. The first-order valence-electron chi connectivity index (χ1n) is 3.43. The van der Waals surface area contributed by atoms with E-state index in [1.165, 1.54) is 12.3 Å². The number of aromatic carboxylic acids is 1. The molecule has 0 aliphatic carbocycles. The molecule has 0 radical (unpaired) electrons. The van der Waals surface area contributed by atoms with E-state index in [1.54, 1.807) is 0 Å². The summed E-state index contributed by atoms with van der Waals surface area (Å²) in [5, 5.41) is 8.64. The van der Waals surface area contributed by atoms with E-state index in [-0.39, 0.29) is 11.5 Å². The van der Waals surface area contributed by atoms with Crippen LogP contribution in [-0.4, -0.2) is 11.1 Å². The maximum atomic E-state index is 10.5. The van der Waals surface area contributed by atoms with Gasteiger partial charge < -0.3 is 9.52 Å². The Bertz CT molecular complexity index is 260. The maximum Gasteiger partial charge on any atom is 0.339 e. The number of hydrogen-bond donors (Lipinski definition) is 1. The van der Waals surface area contributed by atoms with Gasteiger partial charge in [0.1, 0.15) is 11.3 Å². The lowest BCUT2D eigenvalue weighted by Crippen LogP contribution is -1.99. The summed E-state index contributed by atoms with van der Waals surface area (Å²) in [6, 6.07) is 1.47. The van der Waals surface area contributed by atoms with Crippen LogP contribution in [0.25, 0.3) is 0 Å². The number of hydrogen-bond acceptors (Lipinski definition) is 2. The zero-order valence-electron chi connectivity index (χ0n) is 6.50. The quantitative estimate of drug-likeness (QED) is 0.709. The third kappa shape index (κ3) is 1.42. The molecule has 0 bridgehead atoms. The molecule has 3 heteroatoms. The van der Waals surface area contributed by atoms with Crippen LogP contribution in [0.2, 0.25) is 0 Å². The van der Waals surface area contributed by atoms with Gasteiger partial charge in [-0.2, -0.15) is 0 Å². The van der Waals surface area contributed by atoms with Gasteiger partial charge in [-0.15, -0.1) is 0 Å².